The zero-order valence-electron chi connectivity index (χ0n) is 10.1. The molecule has 1 saturated carbocycles. The van der Waals surface area contributed by atoms with E-state index < -0.39 is 4.92 Å². The molecule has 0 spiro atoms. The predicted molar refractivity (Wildman–Crippen MR) is 70.5 cm³/mol. The summed E-state index contributed by atoms with van der Waals surface area (Å²) in [5, 5.41) is 17.7. The largest absolute Gasteiger partial charge is 0.384 e. The first-order valence-corrected chi connectivity index (χ1v) is 6.63. The van der Waals surface area contributed by atoms with Crippen LogP contribution in [0.4, 0.5) is 11.5 Å². The number of aromatic amines is 1. The van der Waals surface area contributed by atoms with Gasteiger partial charge < -0.3 is 5.73 Å². The molecule has 104 valence electrons. The average molecular weight is 294 g/mol. The van der Waals surface area contributed by atoms with E-state index >= 15 is 0 Å². The second-order valence-electron chi connectivity index (χ2n) is 4.33. The first-order valence-electron chi connectivity index (χ1n) is 5.82. The minimum atomic E-state index is -0.541. The number of nitrogens with two attached hydrogens (primary N) is 1. The third-order valence-corrected chi connectivity index (χ3v) is 3.79. The molecule has 0 atom stereocenters. The monoisotopic (exact) mass is 294 g/mol. The second-order valence-corrected chi connectivity index (χ2v) is 5.29. The maximum absolute atomic E-state index is 11.7. The number of hydrogen-bond donors (Lipinski definition) is 2. The Balaban J connectivity index is 2.01. The highest BCUT2D eigenvalue weighted by molar-refractivity contribution is 7.99. The van der Waals surface area contributed by atoms with E-state index in [-0.39, 0.29) is 28.3 Å². The van der Waals surface area contributed by atoms with Gasteiger partial charge in [-0.05, 0) is 30.7 Å². The van der Waals surface area contributed by atoms with Crippen LogP contribution in [0.2, 0.25) is 0 Å². The third-order valence-electron chi connectivity index (χ3n) is 2.83. The number of nitrogen functional groups attached to an aromatic ring is 1. The van der Waals surface area contributed by atoms with Crippen LogP contribution < -0.4 is 11.4 Å². The standard InChI is InChI=1S/C10H10N6O3S/c11-7-4-3-6(16(18)19)8(12-7)20-10-14-13-9(17)15(10)5-1-2-5/h3-5H,1-2H2,(H2,11,12)(H,13,17). The molecule has 10 heteroatoms. The summed E-state index contributed by atoms with van der Waals surface area (Å²) >= 11 is 0.960. The van der Waals surface area contributed by atoms with E-state index in [0.29, 0.717) is 5.16 Å². The van der Waals surface area contributed by atoms with E-state index in [1.54, 1.807) is 0 Å². The Morgan fingerprint density at radius 1 is 1.50 bits per heavy atom. The lowest BCUT2D eigenvalue weighted by atomic mass is 10.4. The molecule has 2 aromatic rings. The first-order chi connectivity index (χ1) is 9.56. The van der Waals surface area contributed by atoms with Crippen molar-refractivity contribution in [1.82, 2.24) is 19.7 Å². The first kappa shape index (κ1) is 12.7. The molecule has 0 radical (unpaired) electrons. The lowest BCUT2D eigenvalue weighted by Gasteiger charge is -2.04. The van der Waals surface area contributed by atoms with Crippen molar-refractivity contribution >= 4 is 23.3 Å². The van der Waals surface area contributed by atoms with Crippen LogP contribution >= 0.6 is 11.8 Å². The molecule has 3 rings (SSSR count). The zero-order valence-corrected chi connectivity index (χ0v) is 11.0. The Labute approximate surface area is 116 Å². The van der Waals surface area contributed by atoms with Gasteiger partial charge in [-0.3, -0.25) is 14.7 Å². The molecule has 0 saturated heterocycles. The van der Waals surface area contributed by atoms with Crippen LogP contribution in [0.25, 0.3) is 0 Å². The van der Waals surface area contributed by atoms with Crippen LogP contribution in [0.1, 0.15) is 18.9 Å². The van der Waals surface area contributed by atoms with Gasteiger partial charge in [0, 0.05) is 12.1 Å². The van der Waals surface area contributed by atoms with Gasteiger partial charge in [-0.1, -0.05) is 0 Å². The summed E-state index contributed by atoms with van der Waals surface area (Å²) in [7, 11) is 0. The molecular formula is C10H10N6O3S. The predicted octanol–water partition coefficient (Wildman–Crippen LogP) is 0.943. The van der Waals surface area contributed by atoms with Crippen molar-refractivity contribution in [3.8, 4) is 0 Å². The van der Waals surface area contributed by atoms with Gasteiger partial charge in [0.15, 0.2) is 10.2 Å². The molecule has 0 aromatic carbocycles. The van der Waals surface area contributed by atoms with Gasteiger partial charge in [-0.2, -0.15) is 0 Å². The van der Waals surface area contributed by atoms with Crippen LogP contribution in [0.5, 0.6) is 0 Å². The fourth-order valence-corrected chi connectivity index (χ4v) is 2.76. The number of H-pyrrole nitrogens is 1. The minimum absolute atomic E-state index is 0.115. The Hall–Kier alpha value is -2.36. The third kappa shape index (κ3) is 2.25. The molecule has 20 heavy (non-hydrogen) atoms. The average Bonchev–Trinajstić information content (AvgIpc) is 3.15. The molecule has 2 heterocycles. The lowest BCUT2D eigenvalue weighted by molar-refractivity contribution is -0.388. The Morgan fingerprint density at radius 2 is 2.25 bits per heavy atom. The van der Waals surface area contributed by atoms with Crippen LogP contribution in [0.15, 0.2) is 27.1 Å². The fourth-order valence-electron chi connectivity index (χ4n) is 1.76. The van der Waals surface area contributed by atoms with Crippen LogP contribution in [0, 0.1) is 10.1 Å². The summed E-state index contributed by atoms with van der Waals surface area (Å²) in [4.78, 5) is 26.0. The molecule has 0 bridgehead atoms. The van der Waals surface area contributed by atoms with E-state index in [0.717, 1.165) is 24.6 Å². The maximum Gasteiger partial charge on any atom is 0.344 e. The molecule has 0 unspecified atom stereocenters. The van der Waals surface area contributed by atoms with Gasteiger partial charge in [0.2, 0.25) is 0 Å². The van der Waals surface area contributed by atoms with E-state index in [4.69, 9.17) is 5.73 Å². The van der Waals surface area contributed by atoms with Gasteiger partial charge in [0.25, 0.3) is 0 Å². The molecular weight excluding hydrogens is 284 g/mol. The number of rotatable bonds is 4. The SMILES string of the molecule is Nc1ccc([N+](=O)[O-])c(Sc2n[nH]c(=O)n2C2CC2)n1. The van der Waals surface area contributed by atoms with Crippen molar-refractivity contribution in [1.29, 1.82) is 0 Å². The zero-order chi connectivity index (χ0) is 14.3. The number of pyridine rings is 1. The highest BCUT2D eigenvalue weighted by atomic mass is 32.2. The van der Waals surface area contributed by atoms with Crippen molar-refractivity contribution in [2.24, 2.45) is 0 Å². The molecule has 9 nitrogen and oxygen atoms in total. The van der Waals surface area contributed by atoms with Gasteiger partial charge in [-0.25, -0.2) is 14.9 Å². The van der Waals surface area contributed by atoms with Crippen LogP contribution in [-0.2, 0) is 0 Å². The molecule has 3 N–H and O–H groups in total. The normalized spacial score (nSPS) is 14.4. The van der Waals surface area contributed by atoms with E-state index in [9.17, 15) is 14.9 Å². The summed E-state index contributed by atoms with van der Waals surface area (Å²) in [6.07, 6.45) is 1.80. The Bertz CT molecular complexity index is 735. The highest BCUT2D eigenvalue weighted by Gasteiger charge is 2.30. The highest BCUT2D eigenvalue weighted by Crippen LogP contribution is 2.39. The smallest absolute Gasteiger partial charge is 0.344 e. The lowest BCUT2D eigenvalue weighted by Crippen LogP contribution is -2.16. The second kappa shape index (κ2) is 4.63. The van der Waals surface area contributed by atoms with Gasteiger partial charge >= 0.3 is 11.4 Å². The van der Waals surface area contributed by atoms with E-state index in [1.807, 2.05) is 0 Å². The Morgan fingerprint density at radius 3 is 2.90 bits per heavy atom. The van der Waals surface area contributed by atoms with Crippen molar-refractivity contribution in [3.05, 3.63) is 32.7 Å². The topological polar surface area (TPSA) is 133 Å². The van der Waals surface area contributed by atoms with E-state index in [2.05, 4.69) is 15.2 Å². The minimum Gasteiger partial charge on any atom is -0.384 e. The summed E-state index contributed by atoms with van der Waals surface area (Å²) in [6, 6.07) is 2.77. The van der Waals surface area contributed by atoms with Crippen molar-refractivity contribution in [2.45, 2.75) is 29.1 Å². The van der Waals surface area contributed by atoms with Crippen molar-refractivity contribution < 1.29 is 4.92 Å². The molecule has 0 aliphatic heterocycles. The van der Waals surface area contributed by atoms with Gasteiger partial charge in [0.05, 0.1) is 4.92 Å². The summed E-state index contributed by atoms with van der Waals surface area (Å²) in [6.45, 7) is 0. The van der Waals surface area contributed by atoms with E-state index in [1.165, 1.54) is 16.7 Å². The molecule has 0 amide bonds. The van der Waals surface area contributed by atoms with Crippen LogP contribution in [-0.4, -0.2) is 24.7 Å². The summed E-state index contributed by atoms with van der Waals surface area (Å²) < 4.78 is 1.50. The number of anilines is 1. The molecule has 1 fully saturated rings. The molecule has 1 aliphatic rings. The van der Waals surface area contributed by atoms with Crippen molar-refractivity contribution in [3.63, 3.8) is 0 Å². The van der Waals surface area contributed by atoms with Crippen molar-refractivity contribution in [2.75, 3.05) is 5.73 Å². The number of nitrogens with zero attached hydrogens (tertiary/aromatic N) is 4. The number of nitro groups is 1. The maximum atomic E-state index is 11.7. The number of nitrogens with one attached hydrogen (secondary N) is 1. The summed E-state index contributed by atoms with van der Waals surface area (Å²) in [5.41, 5.74) is 5.07. The number of hydrogen-bond acceptors (Lipinski definition) is 7. The van der Waals surface area contributed by atoms with Crippen LogP contribution in [0.3, 0.4) is 0 Å². The summed E-state index contributed by atoms with van der Waals surface area (Å²) in [5.74, 6) is 0.175. The van der Waals surface area contributed by atoms with Gasteiger partial charge in [0.1, 0.15) is 5.82 Å². The van der Waals surface area contributed by atoms with Gasteiger partial charge in [-0.15, -0.1) is 5.10 Å². The molecule has 1 aliphatic carbocycles. The Kier molecular flexibility index (Phi) is 2.93. The number of aromatic nitrogens is 4. The quantitative estimate of drug-likeness (QED) is 0.633. The fraction of sp³-hybridized carbons (Fsp3) is 0.300. The molecule has 2 aromatic heterocycles.